The molecule has 1 atom stereocenters. The van der Waals surface area contributed by atoms with Gasteiger partial charge in [-0.15, -0.1) is 10.2 Å². The molecule has 19 heavy (non-hydrogen) atoms. The number of carbonyl (C=O) groups is 1. The topological polar surface area (TPSA) is 88.4 Å². The summed E-state index contributed by atoms with van der Waals surface area (Å²) >= 11 is 0. The number of morpholine rings is 1. The summed E-state index contributed by atoms with van der Waals surface area (Å²) in [4.78, 5) is 17.1. The third-order valence-corrected chi connectivity index (χ3v) is 2.97. The van der Waals surface area contributed by atoms with E-state index in [1.165, 1.54) is 0 Å². The predicted octanol–water partition coefficient (Wildman–Crippen LogP) is 0.315. The summed E-state index contributed by atoms with van der Waals surface area (Å²) in [7, 11) is 0. The number of ether oxygens (including phenoxy) is 1. The summed E-state index contributed by atoms with van der Waals surface area (Å²) in [6, 6.07) is 7.43. The zero-order chi connectivity index (χ0) is 13.2. The Morgan fingerprint density at radius 3 is 2.89 bits per heavy atom. The van der Waals surface area contributed by atoms with Gasteiger partial charge in [-0.1, -0.05) is 12.1 Å². The Labute approximate surface area is 108 Å². The molecule has 0 spiro atoms. The summed E-state index contributed by atoms with van der Waals surface area (Å²) in [6.07, 6.45) is -0.844. The van der Waals surface area contributed by atoms with E-state index in [2.05, 4.69) is 15.2 Å². The van der Waals surface area contributed by atoms with E-state index in [1.807, 2.05) is 24.3 Å². The smallest absolute Gasteiger partial charge is 0.334 e. The lowest BCUT2D eigenvalue weighted by Gasteiger charge is -2.30. The molecule has 1 aromatic carbocycles. The number of fused-ring (bicyclic) bond motifs is 1. The van der Waals surface area contributed by atoms with Gasteiger partial charge < -0.3 is 14.7 Å². The summed E-state index contributed by atoms with van der Waals surface area (Å²) in [5.74, 6) is -0.535. The molecule has 1 aliphatic rings. The first-order chi connectivity index (χ1) is 9.24. The van der Waals surface area contributed by atoms with Crippen LogP contribution in [0.2, 0.25) is 0 Å². The molecule has 2 aromatic rings. The van der Waals surface area contributed by atoms with Crippen molar-refractivity contribution in [2.24, 2.45) is 0 Å². The molecule has 0 radical (unpaired) electrons. The molecular formula is C12H12N4O3. The van der Waals surface area contributed by atoms with Crippen molar-refractivity contribution in [2.45, 2.75) is 6.10 Å². The number of aliphatic carboxylic acids is 1. The zero-order valence-corrected chi connectivity index (χ0v) is 10.1. The van der Waals surface area contributed by atoms with Gasteiger partial charge in [0, 0.05) is 6.54 Å². The maximum Gasteiger partial charge on any atom is 0.334 e. The molecule has 3 rings (SSSR count). The average molecular weight is 260 g/mol. The molecule has 98 valence electrons. The molecule has 0 amide bonds. The molecule has 0 saturated carbocycles. The highest BCUT2D eigenvalue weighted by atomic mass is 16.5. The molecule has 1 unspecified atom stereocenters. The lowest BCUT2D eigenvalue weighted by Crippen LogP contribution is -2.46. The first kappa shape index (κ1) is 11.8. The van der Waals surface area contributed by atoms with Crippen LogP contribution in [-0.4, -0.2) is 52.1 Å². The van der Waals surface area contributed by atoms with Gasteiger partial charge >= 0.3 is 5.97 Å². The summed E-state index contributed by atoms with van der Waals surface area (Å²) < 4.78 is 5.16. The van der Waals surface area contributed by atoms with Gasteiger partial charge in [0.05, 0.1) is 18.7 Å². The van der Waals surface area contributed by atoms with Crippen molar-refractivity contribution >= 4 is 23.0 Å². The Morgan fingerprint density at radius 1 is 1.32 bits per heavy atom. The highest BCUT2D eigenvalue weighted by Crippen LogP contribution is 2.15. The van der Waals surface area contributed by atoms with Crippen LogP contribution in [0.1, 0.15) is 0 Å². The number of benzene rings is 1. The van der Waals surface area contributed by atoms with E-state index < -0.39 is 12.1 Å². The van der Waals surface area contributed by atoms with Crippen LogP contribution in [-0.2, 0) is 9.53 Å². The van der Waals surface area contributed by atoms with Crippen LogP contribution in [0.4, 0.5) is 5.95 Å². The molecule has 1 aromatic heterocycles. The fraction of sp³-hybridized carbons (Fsp3) is 0.333. The SMILES string of the molecule is O=C(O)C1CN(c2nnc3ccccc3n2)CCO1. The number of rotatable bonds is 2. The van der Waals surface area contributed by atoms with Crippen LogP contribution < -0.4 is 4.90 Å². The Morgan fingerprint density at radius 2 is 2.11 bits per heavy atom. The number of hydrogen-bond donors (Lipinski definition) is 1. The van der Waals surface area contributed by atoms with Crippen LogP contribution in [0.25, 0.3) is 11.0 Å². The van der Waals surface area contributed by atoms with Crippen molar-refractivity contribution in [1.82, 2.24) is 15.2 Å². The molecule has 1 N–H and O–H groups in total. The molecule has 1 saturated heterocycles. The number of aromatic nitrogens is 3. The predicted molar refractivity (Wildman–Crippen MR) is 66.9 cm³/mol. The Hall–Kier alpha value is -2.28. The standard InChI is InChI=1S/C12H12N4O3/c17-11(18)10-7-16(5-6-19-10)12-13-8-3-1-2-4-9(8)14-15-12/h1-4,10H,5-7H2,(H,17,18). The summed E-state index contributed by atoms with van der Waals surface area (Å²) in [5, 5.41) is 17.1. The van der Waals surface area contributed by atoms with Gasteiger partial charge in [-0.05, 0) is 12.1 Å². The van der Waals surface area contributed by atoms with E-state index in [9.17, 15) is 4.79 Å². The highest BCUT2D eigenvalue weighted by molar-refractivity contribution is 5.75. The van der Waals surface area contributed by atoms with Gasteiger partial charge in [0.2, 0.25) is 5.95 Å². The van der Waals surface area contributed by atoms with E-state index in [0.29, 0.717) is 24.6 Å². The van der Waals surface area contributed by atoms with Crippen LogP contribution in [0.5, 0.6) is 0 Å². The van der Waals surface area contributed by atoms with Gasteiger partial charge in [0.1, 0.15) is 5.52 Å². The van der Waals surface area contributed by atoms with Crippen molar-refractivity contribution < 1.29 is 14.6 Å². The van der Waals surface area contributed by atoms with E-state index in [4.69, 9.17) is 9.84 Å². The number of nitrogens with zero attached hydrogens (tertiary/aromatic N) is 4. The molecule has 7 heteroatoms. The monoisotopic (exact) mass is 260 g/mol. The summed E-state index contributed by atoms with van der Waals surface area (Å²) in [6.45, 7) is 1.13. The van der Waals surface area contributed by atoms with Crippen LogP contribution in [0.15, 0.2) is 24.3 Å². The maximum absolute atomic E-state index is 10.9. The molecule has 0 bridgehead atoms. The Kier molecular flexibility index (Phi) is 2.96. The molecule has 0 aliphatic carbocycles. The highest BCUT2D eigenvalue weighted by Gasteiger charge is 2.27. The fourth-order valence-corrected chi connectivity index (χ4v) is 1.99. The quantitative estimate of drug-likeness (QED) is 0.831. The van der Waals surface area contributed by atoms with Crippen LogP contribution in [0, 0.1) is 0 Å². The summed E-state index contributed by atoms with van der Waals surface area (Å²) in [5.41, 5.74) is 1.46. The van der Waals surface area contributed by atoms with E-state index in [-0.39, 0.29) is 6.54 Å². The maximum atomic E-state index is 10.9. The fourth-order valence-electron chi connectivity index (χ4n) is 1.99. The molecule has 1 fully saturated rings. The van der Waals surface area contributed by atoms with Gasteiger partial charge in [0.25, 0.3) is 0 Å². The van der Waals surface area contributed by atoms with Crippen molar-refractivity contribution in [3.8, 4) is 0 Å². The third kappa shape index (κ3) is 2.32. The van der Waals surface area contributed by atoms with E-state index in [0.717, 1.165) is 5.52 Å². The first-order valence-electron chi connectivity index (χ1n) is 5.93. The lowest BCUT2D eigenvalue weighted by molar-refractivity contribution is -0.150. The average Bonchev–Trinajstić information content (AvgIpc) is 2.47. The minimum absolute atomic E-state index is 0.232. The molecule has 7 nitrogen and oxygen atoms in total. The minimum Gasteiger partial charge on any atom is -0.479 e. The zero-order valence-electron chi connectivity index (χ0n) is 10.1. The lowest BCUT2D eigenvalue weighted by atomic mass is 10.3. The number of para-hydroxylation sites is 1. The van der Waals surface area contributed by atoms with Crippen LogP contribution >= 0.6 is 0 Å². The van der Waals surface area contributed by atoms with Crippen molar-refractivity contribution in [1.29, 1.82) is 0 Å². The van der Waals surface area contributed by atoms with Crippen molar-refractivity contribution in [3.05, 3.63) is 24.3 Å². The number of anilines is 1. The van der Waals surface area contributed by atoms with Gasteiger partial charge in [0.15, 0.2) is 6.10 Å². The molecule has 1 aliphatic heterocycles. The number of carboxylic acid groups (broad SMARTS) is 1. The second kappa shape index (κ2) is 4.77. The largest absolute Gasteiger partial charge is 0.479 e. The van der Waals surface area contributed by atoms with Gasteiger partial charge in [-0.25, -0.2) is 9.78 Å². The molecule has 2 heterocycles. The van der Waals surface area contributed by atoms with E-state index in [1.54, 1.807) is 4.90 Å². The van der Waals surface area contributed by atoms with Crippen LogP contribution in [0.3, 0.4) is 0 Å². The van der Waals surface area contributed by atoms with Crippen molar-refractivity contribution in [3.63, 3.8) is 0 Å². The minimum atomic E-state index is -0.974. The second-order valence-corrected chi connectivity index (χ2v) is 4.24. The first-order valence-corrected chi connectivity index (χ1v) is 5.93. The van der Waals surface area contributed by atoms with Gasteiger partial charge in [-0.2, -0.15) is 0 Å². The Bertz CT molecular complexity index is 619. The normalized spacial score (nSPS) is 19.6. The third-order valence-electron chi connectivity index (χ3n) is 2.97. The molecular weight excluding hydrogens is 248 g/mol. The van der Waals surface area contributed by atoms with Crippen molar-refractivity contribution in [2.75, 3.05) is 24.6 Å². The van der Waals surface area contributed by atoms with Gasteiger partial charge in [-0.3, -0.25) is 0 Å². The number of carboxylic acids is 1. The van der Waals surface area contributed by atoms with E-state index >= 15 is 0 Å². The Balaban J connectivity index is 1.89. The number of hydrogen-bond acceptors (Lipinski definition) is 6. The second-order valence-electron chi connectivity index (χ2n) is 4.24.